The monoisotopic (exact) mass is 342 g/mol. The predicted octanol–water partition coefficient (Wildman–Crippen LogP) is 3.80. The summed E-state index contributed by atoms with van der Waals surface area (Å²) in [5, 5.41) is 0. The van der Waals surface area contributed by atoms with Gasteiger partial charge in [-0.1, -0.05) is 30.3 Å². The standard InChI is InChI=1S/C20H22O5/c1-2-23-20(22)9-6-12-24-19-13-18(11-10-17(19)14-21)25-15-16-7-4-3-5-8-16/h3-5,7-8,10-11,13-14H,2,6,9,12,15H2,1H3. The van der Waals surface area contributed by atoms with Gasteiger partial charge >= 0.3 is 5.97 Å². The predicted molar refractivity (Wildman–Crippen MR) is 94.0 cm³/mol. The largest absolute Gasteiger partial charge is 0.493 e. The molecule has 132 valence electrons. The minimum absolute atomic E-state index is 0.248. The molecule has 0 amide bonds. The lowest BCUT2D eigenvalue weighted by molar-refractivity contribution is -0.143. The highest BCUT2D eigenvalue weighted by Gasteiger charge is 2.07. The summed E-state index contributed by atoms with van der Waals surface area (Å²) in [6.07, 6.45) is 1.54. The zero-order chi connectivity index (χ0) is 17.9. The first-order chi connectivity index (χ1) is 12.2. The van der Waals surface area contributed by atoms with E-state index in [0.717, 1.165) is 11.8 Å². The molecule has 0 aliphatic carbocycles. The van der Waals surface area contributed by atoms with Gasteiger partial charge in [-0.05, 0) is 31.0 Å². The minimum Gasteiger partial charge on any atom is -0.493 e. The third-order valence-electron chi connectivity index (χ3n) is 3.45. The summed E-state index contributed by atoms with van der Waals surface area (Å²) < 4.78 is 16.2. The second-order valence-corrected chi connectivity index (χ2v) is 5.35. The van der Waals surface area contributed by atoms with Crippen molar-refractivity contribution in [2.24, 2.45) is 0 Å². The second-order valence-electron chi connectivity index (χ2n) is 5.35. The Labute approximate surface area is 147 Å². The SMILES string of the molecule is CCOC(=O)CCCOc1cc(OCc2ccccc2)ccc1C=O. The number of hydrogen-bond acceptors (Lipinski definition) is 5. The Morgan fingerprint density at radius 3 is 2.60 bits per heavy atom. The summed E-state index contributed by atoms with van der Waals surface area (Å²) >= 11 is 0. The molecule has 2 aromatic carbocycles. The van der Waals surface area contributed by atoms with Gasteiger partial charge in [-0.15, -0.1) is 0 Å². The molecular weight excluding hydrogens is 320 g/mol. The summed E-state index contributed by atoms with van der Waals surface area (Å²) in [6, 6.07) is 14.9. The molecule has 0 saturated carbocycles. The van der Waals surface area contributed by atoms with Crippen LogP contribution < -0.4 is 9.47 Å². The molecule has 5 nitrogen and oxygen atoms in total. The molecule has 0 N–H and O–H groups in total. The van der Waals surface area contributed by atoms with Crippen molar-refractivity contribution in [3.63, 3.8) is 0 Å². The highest BCUT2D eigenvalue weighted by molar-refractivity contribution is 5.79. The normalized spacial score (nSPS) is 10.1. The lowest BCUT2D eigenvalue weighted by Crippen LogP contribution is -2.07. The highest BCUT2D eigenvalue weighted by atomic mass is 16.5. The van der Waals surface area contributed by atoms with Crippen LogP contribution in [0.15, 0.2) is 48.5 Å². The van der Waals surface area contributed by atoms with Crippen LogP contribution in [-0.4, -0.2) is 25.5 Å². The van der Waals surface area contributed by atoms with Gasteiger partial charge in [0.05, 0.1) is 18.8 Å². The third kappa shape index (κ3) is 6.30. The van der Waals surface area contributed by atoms with E-state index in [1.165, 1.54) is 0 Å². The van der Waals surface area contributed by atoms with Crippen LogP contribution in [0.1, 0.15) is 35.7 Å². The molecule has 25 heavy (non-hydrogen) atoms. The van der Waals surface area contributed by atoms with Gasteiger partial charge < -0.3 is 14.2 Å². The molecule has 0 saturated heterocycles. The second kappa shape index (κ2) is 10.1. The Hall–Kier alpha value is -2.82. The molecule has 0 aliphatic rings. The number of rotatable bonds is 10. The van der Waals surface area contributed by atoms with Crippen LogP contribution in [0.3, 0.4) is 0 Å². The number of benzene rings is 2. The first kappa shape index (κ1) is 18.5. The lowest BCUT2D eigenvalue weighted by atomic mass is 10.2. The fraction of sp³-hybridized carbons (Fsp3) is 0.300. The fourth-order valence-corrected chi connectivity index (χ4v) is 2.20. The average Bonchev–Trinajstić information content (AvgIpc) is 2.65. The fourth-order valence-electron chi connectivity index (χ4n) is 2.20. The number of esters is 1. The molecule has 0 bridgehead atoms. The first-order valence-electron chi connectivity index (χ1n) is 8.27. The van der Waals surface area contributed by atoms with Crippen LogP contribution in [0.4, 0.5) is 0 Å². The number of hydrogen-bond donors (Lipinski definition) is 0. The van der Waals surface area contributed by atoms with Crippen molar-refractivity contribution in [3.8, 4) is 11.5 Å². The molecule has 5 heteroatoms. The highest BCUT2D eigenvalue weighted by Crippen LogP contribution is 2.25. The van der Waals surface area contributed by atoms with Crippen molar-refractivity contribution in [2.45, 2.75) is 26.4 Å². The van der Waals surface area contributed by atoms with Crippen molar-refractivity contribution in [1.82, 2.24) is 0 Å². The van der Waals surface area contributed by atoms with Gasteiger partial charge in [0.1, 0.15) is 18.1 Å². The quantitative estimate of drug-likeness (QED) is 0.373. The molecule has 0 atom stereocenters. The van der Waals surface area contributed by atoms with Gasteiger partial charge in [-0.25, -0.2) is 0 Å². The van der Waals surface area contributed by atoms with Gasteiger partial charge in [-0.3, -0.25) is 9.59 Å². The van der Waals surface area contributed by atoms with Gasteiger partial charge in [0.25, 0.3) is 0 Å². The van der Waals surface area contributed by atoms with E-state index < -0.39 is 0 Å². The molecular formula is C20H22O5. The van der Waals surface area contributed by atoms with Crippen molar-refractivity contribution >= 4 is 12.3 Å². The van der Waals surface area contributed by atoms with E-state index in [0.29, 0.717) is 43.3 Å². The van der Waals surface area contributed by atoms with Crippen molar-refractivity contribution in [1.29, 1.82) is 0 Å². The van der Waals surface area contributed by atoms with Crippen LogP contribution in [0.25, 0.3) is 0 Å². The van der Waals surface area contributed by atoms with Crippen LogP contribution in [0.5, 0.6) is 11.5 Å². The molecule has 0 unspecified atom stereocenters. The summed E-state index contributed by atoms with van der Waals surface area (Å²) in [5.74, 6) is 0.820. The lowest BCUT2D eigenvalue weighted by Gasteiger charge is -2.11. The number of carbonyl (C=O) groups is 2. The Bertz CT molecular complexity index is 682. The molecule has 0 aromatic heterocycles. The van der Waals surface area contributed by atoms with E-state index in [4.69, 9.17) is 14.2 Å². The van der Waals surface area contributed by atoms with E-state index >= 15 is 0 Å². The Morgan fingerprint density at radius 2 is 1.88 bits per heavy atom. The molecule has 0 radical (unpaired) electrons. The smallest absolute Gasteiger partial charge is 0.305 e. The molecule has 0 heterocycles. The summed E-state index contributed by atoms with van der Waals surface area (Å²) in [7, 11) is 0. The van der Waals surface area contributed by atoms with E-state index in [2.05, 4.69) is 0 Å². The maximum absolute atomic E-state index is 11.3. The van der Waals surface area contributed by atoms with E-state index in [-0.39, 0.29) is 12.4 Å². The maximum Gasteiger partial charge on any atom is 0.305 e. The van der Waals surface area contributed by atoms with Crippen LogP contribution in [0, 0.1) is 0 Å². The summed E-state index contributed by atoms with van der Waals surface area (Å²) in [4.78, 5) is 22.4. The van der Waals surface area contributed by atoms with Crippen LogP contribution >= 0.6 is 0 Å². The Morgan fingerprint density at radius 1 is 1.08 bits per heavy atom. The van der Waals surface area contributed by atoms with E-state index in [1.807, 2.05) is 30.3 Å². The molecule has 0 fully saturated rings. The van der Waals surface area contributed by atoms with Crippen LogP contribution in [0.2, 0.25) is 0 Å². The minimum atomic E-state index is -0.248. The van der Waals surface area contributed by atoms with Crippen molar-refractivity contribution < 1.29 is 23.8 Å². The zero-order valence-corrected chi connectivity index (χ0v) is 14.3. The third-order valence-corrected chi connectivity index (χ3v) is 3.45. The average molecular weight is 342 g/mol. The molecule has 2 rings (SSSR count). The molecule has 2 aromatic rings. The van der Waals surface area contributed by atoms with Crippen LogP contribution in [-0.2, 0) is 16.1 Å². The zero-order valence-electron chi connectivity index (χ0n) is 14.3. The van der Waals surface area contributed by atoms with Gasteiger partial charge in [-0.2, -0.15) is 0 Å². The van der Waals surface area contributed by atoms with Gasteiger partial charge in [0, 0.05) is 12.5 Å². The maximum atomic E-state index is 11.3. The summed E-state index contributed by atoms with van der Waals surface area (Å²) in [6.45, 7) is 2.90. The number of ether oxygens (including phenoxy) is 3. The number of aldehydes is 1. The Kier molecular flexibility index (Phi) is 7.50. The Balaban J connectivity index is 1.90. The van der Waals surface area contributed by atoms with Gasteiger partial charge in [0.15, 0.2) is 6.29 Å². The van der Waals surface area contributed by atoms with Gasteiger partial charge in [0.2, 0.25) is 0 Å². The summed E-state index contributed by atoms with van der Waals surface area (Å²) in [5.41, 5.74) is 1.50. The number of carbonyl (C=O) groups excluding carboxylic acids is 2. The molecule has 0 aliphatic heterocycles. The van der Waals surface area contributed by atoms with Crippen molar-refractivity contribution in [2.75, 3.05) is 13.2 Å². The first-order valence-corrected chi connectivity index (χ1v) is 8.27. The van der Waals surface area contributed by atoms with Crippen molar-refractivity contribution in [3.05, 3.63) is 59.7 Å². The van der Waals surface area contributed by atoms with E-state index in [9.17, 15) is 9.59 Å². The molecule has 0 spiro atoms. The van der Waals surface area contributed by atoms with E-state index in [1.54, 1.807) is 25.1 Å². The topological polar surface area (TPSA) is 61.8 Å².